The second kappa shape index (κ2) is 5.53. The van der Waals surface area contributed by atoms with Gasteiger partial charge in [-0.3, -0.25) is 0 Å². The average molecular weight is 284 g/mol. The van der Waals surface area contributed by atoms with E-state index in [-0.39, 0.29) is 11.9 Å². The molecule has 0 aliphatic rings. The molecule has 1 atom stereocenters. The number of halogens is 1. The second-order valence-corrected chi connectivity index (χ2v) is 5.36. The molecule has 1 unspecified atom stereocenters. The van der Waals surface area contributed by atoms with E-state index in [0.29, 0.717) is 0 Å². The molecule has 1 aromatic heterocycles. The topological polar surface area (TPSA) is 38.9 Å². The van der Waals surface area contributed by atoms with E-state index in [1.807, 2.05) is 35.7 Å². The van der Waals surface area contributed by atoms with Gasteiger partial charge < -0.3 is 5.73 Å². The number of rotatable bonds is 3. The van der Waals surface area contributed by atoms with Crippen LogP contribution in [-0.4, -0.2) is 4.98 Å². The first-order valence-electron chi connectivity index (χ1n) is 6.26. The van der Waals surface area contributed by atoms with Crippen LogP contribution in [0.3, 0.4) is 0 Å². The Morgan fingerprint density at radius 1 is 1.00 bits per heavy atom. The van der Waals surface area contributed by atoms with Crippen LogP contribution >= 0.6 is 11.3 Å². The molecule has 2 aromatic carbocycles. The van der Waals surface area contributed by atoms with E-state index in [1.54, 1.807) is 12.1 Å². The first-order chi connectivity index (χ1) is 9.74. The van der Waals surface area contributed by atoms with Crippen LogP contribution in [0.4, 0.5) is 4.39 Å². The van der Waals surface area contributed by atoms with Crippen molar-refractivity contribution in [3.05, 3.63) is 76.4 Å². The zero-order valence-corrected chi connectivity index (χ0v) is 11.5. The van der Waals surface area contributed by atoms with Gasteiger partial charge >= 0.3 is 0 Å². The third kappa shape index (κ3) is 2.61. The van der Waals surface area contributed by atoms with Crippen molar-refractivity contribution >= 4 is 11.3 Å². The highest BCUT2D eigenvalue weighted by molar-refractivity contribution is 7.10. The van der Waals surface area contributed by atoms with Crippen LogP contribution in [0.25, 0.3) is 11.3 Å². The molecule has 0 aliphatic carbocycles. The van der Waals surface area contributed by atoms with Crippen molar-refractivity contribution in [3.63, 3.8) is 0 Å². The number of hydrogen-bond donors (Lipinski definition) is 1. The largest absolute Gasteiger partial charge is 0.318 e. The van der Waals surface area contributed by atoms with Gasteiger partial charge in [-0.05, 0) is 17.7 Å². The van der Waals surface area contributed by atoms with Crippen LogP contribution in [-0.2, 0) is 0 Å². The Morgan fingerprint density at radius 2 is 1.70 bits per heavy atom. The second-order valence-electron chi connectivity index (χ2n) is 4.47. The van der Waals surface area contributed by atoms with Gasteiger partial charge in [0.15, 0.2) is 0 Å². The maximum Gasteiger partial charge on any atom is 0.123 e. The quantitative estimate of drug-likeness (QED) is 0.789. The fraction of sp³-hybridized carbons (Fsp3) is 0.0625. The number of aromatic nitrogens is 1. The Hall–Kier alpha value is -2.04. The number of nitrogens with two attached hydrogens (primary N) is 1. The molecule has 0 saturated carbocycles. The average Bonchev–Trinajstić information content (AvgIpc) is 2.98. The highest BCUT2D eigenvalue weighted by Crippen LogP contribution is 2.27. The number of benzene rings is 2. The molecule has 0 amide bonds. The van der Waals surface area contributed by atoms with Crippen LogP contribution in [0.2, 0.25) is 0 Å². The summed E-state index contributed by atoms with van der Waals surface area (Å²) in [7, 11) is 0. The fourth-order valence-corrected chi connectivity index (χ4v) is 2.84. The summed E-state index contributed by atoms with van der Waals surface area (Å²) in [6.45, 7) is 0. The Kier molecular flexibility index (Phi) is 3.58. The molecule has 1 heterocycles. The van der Waals surface area contributed by atoms with E-state index in [4.69, 9.17) is 5.73 Å². The summed E-state index contributed by atoms with van der Waals surface area (Å²) in [4.78, 5) is 4.58. The van der Waals surface area contributed by atoms with E-state index in [9.17, 15) is 4.39 Å². The maximum atomic E-state index is 12.9. The SMILES string of the molecule is NC(c1ccc(F)cc1)c1nc(-c2ccccc2)cs1. The molecule has 100 valence electrons. The highest BCUT2D eigenvalue weighted by atomic mass is 32.1. The number of hydrogen-bond acceptors (Lipinski definition) is 3. The summed E-state index contributed by atoms with van der Waals surface area (Å²) < 4.78 is 12.9. The first-order valence-corrected chi connectivity index (χ1v) is 7.14. The summed E-state index contributed by atoms with van der Waals surface area (Å²) in [5.41, 5.74) is 9.03. The normalized spacial score (nSPS) is 12.3. The van der Waals surface area contributed by atoms with E-state index >= 15 is 0 Å². The van der Waals surface area contributed by atoms with Crippen molar-refractivity contribution in [3.8, 4) is 11.3 Å². The van der Waals surface area contributed by atoms with Gasteiger partial charge in [0.1, 0.15) is 10.8 Å². The minimum absolute atomic E-state index is 0.259. The van der Waals surface area contributed by atoms with Crippen LogP contribution in [0.1, 0.15) is 16.6 Å². The molecule has 0 spiro atoms. The lowest BCUT2D eigenvalue weighted by atomic mass is 10.1. The Balaban J connectivity index is 1.88. The van der Waals surface area contributed by atoms with Crippen molar-refractivity contribution in [1.82, 2.24) is 4.98 Å². The van der Waals surface area contributed by atoms with Crippen molar-refractivity contribution in [2.75, 3.05) is 0 Å². The third-order valence-electron chi connectivity index (χ3n) is 3.09. The first kappa shape index (κ1) is 13.0. The molecule has 2 nitrogen and oxygen atoms in total. The smallest absolute Gasteiger partial charge is 0.123 e. The number of thiazole rings is 1. The monoisotopic (exact) mass is 284 g/mol. The third-order valence-corrected chi connectivity index (χ3v) is 4.01. The molecule has 0 radical (unpaired) electrons. The minimum atomic E-state index is -0.321. The summed E-state index contributed by atoms with van der Waals surface area (Å²) in [6, 6.07) is 15.9. The van der Waals surface area contributed by atoms with Gasteiger partial charge in [0.25, 0.3) is 0 Å². The predicted octanol–water partition coefficient (Wildman–Crippen LogP) is 4.00. The fourth-order valence-electron chi connectivity index (χ4n) is 1.98. The molecule has 20 heavy (non-hydrogen) atoms. The lowest BCUT2D eigenvalue weighted by molar-refractivity contribution is 0.626. The van der Waals surface area contributed by atoms with E-state index in [2.05, 4.69) is 4.98 Å². The van der Waals surface area contributed by atoms with Gasteiger partial charge in [-0.25, -0.2) is 9.37 Å². The maximum absolute atomic E-state index is 12.9. The van der Waals surface area contributed by atoms with E-state index in [1.165, 1.54) is 23.5 Å². The van der Waals surface area contributed by atoms with Crippen molar-refractivity contribution in [2.24, 2.45) is 5.73 Å². The Bertz CT molecular complexity index is 692. The van der Waals surface area contributed by atoms with Gasteiger partial charge in [-0.15, -0.1) is 11.3 Å². The van der Waals surface area contributed by atoms with Crippen molar-refractivity contribution < 1.29 is 4.39 Å². The van der Waals surface area contributed by atoms with Gasteiger partial charge in [0.2, 0.25) is 0 Å². The minimum Gasteiger partial charge on any atom is -0.318 e. The van der Waals surface area contributed by atoms with Crippen LogP contribution in [0.5, 0.6) is 0 Å². The Morgan fingerprint density at radius 3 is 2.40 bits per heavy atom. The summed E-state index contributed by atoms with van der Waals surface area (Å²) >= 11 is 1.52. The predicted molar refractivity (Wildman–Crippen MR) is 80.0 cm³/mol. The van der Waals surface area contributed by atoms with Crippen molar-refractivity contribution in [1.29, 1.82) is 0 Å². The molecule has 0 aliphatic heterocycles. The van der Waals surface area contributed by atoms with Crippen LogP contribution in [0.15, 0.2) is 60.0 Å². The lowest BCUT2D eigenvalue weighted by Gasteiger charge is -2.08. The van der Waals surface area contributed by atoms with E-state index in [0.717, 1.165) is 21.8 Å². The van der Waals surface area contributed by atoms with Gasteiger partial charge in [-0.1, -0.05) is 42.5 Å². The molecule has 0 bridgehead atoms. The van der Waals surface area contributed by atoms with Crippen LogP contribution < -0.4 is 5.73 Å². The van der Waals surface area contributed by atoms with E-state index < -0.39 is 0 Å². The molecule has 2 N–H and O–H groups in total. The molecule has 3 rings (SSSR count). The molecule has 4 heteroatoms. The van der Waals surface area contributed by atoms with Gasteiger partial charge in [0.05, 0.1) is 11.7 Å². The molecular formula is C16H13FN2S. The summed E-state index contributed by atoms with van der Waals surface area (Å²) in [5, 5.41) is 2.82. The zero-order chi connectivity index (χ0) is 13.9. The van der Waals surface area contributed by atoms with Crippen molar-refractivity contribution in [2.45, 2.75) is 6.04 Å². The Labute approximate surface area is 120 Å². The standard InChI is InChI=1S/C16H13FN2S/c17-13-8-6-12(7-9-13)15(18)16-19-14(10-20-16)11-4-2-1-3-5-11/h1-10,15H,18H2. The lowest BCUT2D eigenvalue weighted by Crippen LogP contribution is -2.11. The molecule has 0 saturated heterocycles. The molecule has 0 fully saturated rings. The molecular weight excluding hydrogens is 271 g/mol. The highest BCUT2D eigenvalue weighted by Gasteiger charge is 2.14. The summed E-state index contributed by atoms with van der Waals surface area (Å²) in [5.74, 6) is -0.259. The zero-order valence-electron chi connectivity index (χ0n) is 10.7. The van der Waals surface area contributed by atoms with Gasteiger partial charge in [0, 0.05) is 10.9 Å². The number of nitrogens with zero attached hydrogens (tertiary/aromatic N) is 1. The molecule has 3 aromatic rings. The van der Waals surface area contributed by atoms with Crippen LogP contribution in [0, 0.1) is 5.82 Å². The van der Waals surface area contributed by atoms with Gasteiger partial charge in [-0.2, -0.15) is 0 Å². The summed E-state index contributed by atoms with van der Waals surface area (Å²) in [6.07, 6.45) is 0.